The van der Waals surface area contributed by atoms with Crippen LogP contribution in [-0.4, -0.2) is 18.7 Å². The van der Waals surface area contributed by atoms with Gasteiger partial charge in [-0.2, -0.15) is 13.0 Å². The molecule has 0 saturated carbocycles. The molecule has 0 bridgehead atoms. The molecule has 1 aromatic heterocycles. The van der Waals surface area contributed by atoms with Crippen LogP contribution in [0.25, 0.3) is 21.0 Å². The summed E-state index contributed by atoms with van der Waals surface area (Å²) in [5.74, 6) is -0.207. The van der Waals surface area contributed by atoms with Crippen molar-refractivity contribution in [1.29, 1.82) is 0 Å². The molecule has 6 heteroatoms. The van der Waals surface area contributed by atoms with Gasteiger partial charge in [0.2, 0.25) is 10.5 Å². The van der Waals surface area contributed by atoms with E-state index in [-0.39, 0.29) is 5.75 Å². The van der Waals surface area contributed by atoms with Gasteiger partial charge in [0.05, 0.1) is 11.1 Å². The Morgan fingerprint density at radius 2 is 1.95 bits per heavy atom. The highest BCUT2D eigenvalue weighted by molar-refractivity contribution is 7.85. The summed E-state index contributed by atoms with van der Waals surface area (Å²) >= 11 is 1.70. The monoisotopic (exact) mass is 322 g/mol. The highest BCUT2D eigenvalue weighted by atomic mass is 32.2. The number of aromatic nitrogens is 1. The van der Waals surface area contributed by atoms with E-state index in [1.165, 1.54) is 15.5 Å². The molecule has 0 unspecified atom stereocenters. The standard InChI is InChI=1S/C15H15NO3S2/c1-11-16(9-4-10-21(17,18)19)15-13-6-3-2-5-12(13)7-8-14(15)20-11/h2-3,5-8H,4,9-10H2,1H3/p+1. The summed E-state index contributed by atoms with van der Waals surface area (Å²) in [7, 11) is -3.90. The molecule has 0 amide bonds. The highest BCUT2D eigenvalue weighted by Gasteiger charge is 2.20. The molecule has 4 nitrogen and oxygen atoms in total. The number of hydrogen-bond acceptors (Lipinski definition) is 3. The summed E-state index contributed by atoms with van der Waals surface area (Å²) in [6.45, 7) is 2.62. The number of benzene rings is 2. The number of rotatable bonds is 4. The van der Waals surface area contributed by atoms with E-state index in [4.69, 9.17) is 4.55 Å². The maximum atomic E-state index is 10.9. The summed E-state index contributed by atoms with van der Waals surface area (Å²) in [5, 5.41) is 3.48. The second-order valence-electron chi connectivity index (χ2n) is 5.05. The fourth-order valence-corrected chi connectivity index (χ4v) is 4.20. The minimum Gasteiger partial charge on any atom is -0.286 e. The summed E-state index contributed by atoms with van der Waals surface area (Å²) in [6.07, 6.45) is 0.402. The largest absolute Gasteiger partial charge is 0.286 e. The van der Waals surface area contributed by atoms with Crippen molar-refractivity contribution in [2.45, 2.75) is 19.9 Å². The average Bonchev–Trinajstić information content (AvgIpc) is 2.74. The van der Waals surface area contributed by atoms with Crippen LogP contribution in [0.4, 0.5) is 0 Å². The molecule has 1 heterocycles. The van der Waals surface area contributed by atoms with Gasteiger partial charge in [0, 0.05) is 13.3 Å². The molecule has 0 spiro atoms. The lowest BCUT2D eigenvalue weighted by atomic mass is 10.1. The number of aryl methyl sites for hydroxylation is 2. The molecule has 0 atom stereocenters. The fourth-order valence-electron chi connectivity index (χ4n) is 2.64. The molecule has 0 aliphatic carbocycles. The summed E-state index contributed by atoms with van der Waals surface area (Å²) in [5.41, 5.74) is 1.14. The van der Waals surface area contributed by atoms with E-state index in [0.29, 0.717) is 13.0 Å². The molecule has 0 aliphatic rings. The molecule has 110 valence electrons. The van der Waals surface area contributed by atoms with Crippen LogP contribution in [0.1, 0.15) is 11.4 Å². The van der Waals surface area contributed by atoms with Crippen LogP contribution in [0.5, 0.6) is 0 Å². The Bertz CT molecular complexity index is 913. The van der Waals surface area contributed by atoms with Crippen molar-refractivity contribution in [3.05, 3.63) is 41.4 Å². The van der Waals surface area contributed by atoms with Gasteiger partial charge < -0.3 is 0 Å². The van der Waals surface area contributed by atoms with Crippen molar-refractivity contribution < 1.29 is 17.5 Å². The molecule has 0 aliphatic heterocycles. The van der Waals surface area contributed by atoms with Gasteiger partial charge in [-0.05, 0) is 17.5 Å². The van der Waals surface area contributed by atoms with Crippen LogP contribution in [0.3, 0.4) is 0 Å². The minimum absolute atomic E-state index is 0.207. The number of hydrogen-bond donors (Lipinski definition) is 1. The van der Waals surface area contributed by atoms with Crippen molar-refractivity contribution in [2.75, 3.05) is 5.75 Å². The Labute approximate surface area is 127 Å². The Balaban J connectivity index is 2.08. The molecule has 1 N–H and O–H groups in total. The first-order valence-corrected chi connectivity index (χ1v) is 9.14. The van der Waals surface area contributed by atoms with E-state index in [2.05, 4.69) is 28.8 Å². The van der Waals surface area contributed by atoms with Gasteiger partial charge in [0.25, 0.3) is 10.1 Å². The third kappa shape index (κ3) is 2.92. The van der Waals surface area contributed by atoms with E-state index >= 15 is 0 Å². The van der Waals surface area contributed by atoms with E-state index in [1.54, 1.807) is 11.3 Å². The zero-order chi connectivity index (χ0) is 15.0. The van der Waals surface area contributed by atoms with Crippen molar-refractivity contribution in [1.82, 2.24) is 0 Å². The maximum Gasteiger partial charge on any atom is 0.265 e. The lowest BCUT2D eigenvalue weighted by Crippen LogP contribution is -2.36. The third-order valence-electron chi connectivity index (χ3n) is 3.56. The highest BCUT2D eigenvalue weighted by Crippen LogP contribution is 2.27. The average molecular weight is 322 g/mol. The number of nitrogens with zero attached hydrogens (tertiary/aromatic N) is 1. The minimum atomic E-state index is -3.90. The number of thiazole rings is 1. The van der Waals surface area contributed by atoms with Gasteiger partial charge in [-0.1, -0.05) is 35.6 Å². The van der Waals surface area contributed by atoms with Gasteiger partial charge in [0.1, 0.15) is 4.70 Å². The smallest absolute Gasteiger partial charge is 0.265 e. The molecule has 21 heavy (non-hydrogen) atoms. The first-order chi connectivity index (χ1) is 9.96. The molecule has 0 saturated heterocycles. The zero-order valence-electron chi connectivity index (χ0n) is 11.6. The second-order valence-corrected chi connectivity index (χ2v) is 7.85. The first kappa shape index (κ1) is 14.4. The Morgan fingerprint density at radius 3 is 2.71 bits per heavy atom. The number of fused-ring (bicyclic) bond motifs is 3. The van der Waals surface area contributed by atoms with Crippen LogP contribution in [0, 0.1) is 6.92 Å². The van der Waals surface area contributed by atoms with Gasteiger partial charge in [-0.3, -0.25) is 4.55 Å². The van der Waals surface area contributed by atoms with E-state index in [0.717, 1.165) is 10.5 Å². The van der Waals surface area contributed by atoms with Crippen LogP contribution >= 0.6 is 11.3 Å². The zero-order valence-corrected chi connectivity index (χ0v) is 13.2. The van der Waals surface area contributed by atoms with Crippen molar-refractivity contribution in [3.63, 3.8) is 0 Å². The van der Waals surface area contributed by atoms with Crippen LogP contribution in [0.2, 0.25) is 0 Å². The second kappa shape index (κ2) is 5.36. The third-order valence-corrected chi connectivity index (χ3v) is 5.42. The summed E-state index contributed by atoms with van der Waals surface area (Å²) in [4.78, 5) is 0. The predicted octanol–water partition coefficient (Wildman–Crippen LogP) is 2.93. The molecule has 0 fully saturated rings. The summed E-state index contributed by atoms with van der Waals surface area (Å²) < 4.78 is 33.9. The molecule has 0 radical (unpaired) electrons. The molecular formula is C15H16NO3S2+. The van der Waals surface area contributed by atoms with Crippen molar-refractivity contribution >= 4 is 42.4 Å². The summed E-state index contributed by atoms with van der Waals surface area (Å²) in [6, 6.07) is 12.4. The topological polar surface area (TPSA) is 58.2 Å². The van der Waals surface area contributed by atoms with E-state index in [1.807, 2.05) is 19.1 Å². The van der Waals surface area contributed by atoms with Gasteiger partial charge in [0.15, 0.2) is 6.54 Å². The van der Waals surface area contributed by atoms with Gasteiger partial charge >= 0.3 is 0 Å². The maximum absolute atomic E-state index is 10.9. The van der Waals surface area contributed by atoms with Crippen molar-refractivity contribution in [2.24, 2.45) is 0 Å². The Morgan fingerprint density at radius 1 is 1.19 bits per heavy atom. The van der Waals surface area contributed by atoms with Crippen LogP contribution in [-0.2, 0) is 16.7 Å². The van der Waals surface area contributed by atoms with E-state index in [9.17, 15) is 8.42 Å². The molecule has 3 aromatic rings. The first-order valence-electron chi connectivity index (χ1n) is 6.71. The predicted molar refractivity (Wildman–Crippen MR) is 85.3 cm³/mol. The normalized spacial score (nSPS) is 12.3. The lowest BCUT2D eigenvalue weighted by molar-refractivity contribution is -0.672. The quantitative estimate of drug-likeness (QED) is 0.593. The van der Waals surface area contributed by atoms with Crippen LogP contribution < -0.4 is 4.57 Å². The molecule has 3 rings (SSSR count). The van der Waals surface area contributed by atoms with Crippen molar-refractivity contribution in [3.8, 4) is 0 Å². The van der Waals surface area contributed by atoms with Crippen LogP contribution in [0.15, 0.2) is 36.4 Å². The van der Waals surface area contributed by atoms with E-state index < -0.39 is 10.1 Å². The SMILES string of the molecule is Cc1sc2ccc3ccccc3c2[n+]1CCCS(=O)(=O)O. The van der Waals surface area contributed by atoms with Gasteiger partial charge in [-0.25, -0.2) is 0 Å². The lowest BCUT2D eigenvalue weighted by Gasteiger charge is -2.00. The molecular weight excluding hydrogens is 306 g/mol. The Hall–Kier alpha value is -1.50. The molecule has 2 aromatic carbocycles. The van der Waals surface area contributed by atoms with Gasteiger partial charge in [-0.15, -0.1) is 0 Å². The fraction of sp³-hybridized carbons (Fsp3) is 0.267. The Kier molecular flexibility index (Phi) is 3.69.